The van der Waals surface area contributed by atoms with Crippen molar-refractivity contribution in [3.8, 4) is 0 Å². The van der Waals surface area contributed by atoms with Gasteiger partial charge in [0.25, 0.3) is 0 Å². The fourth-order valence-electron chi connectivity index (χ4n) is 0.803. The van der Waals surface area contributed by atoms with E-state index in [1.807, 2.05) is 6.92 Å². The van der Waals surface area contributed by atoms with Gasteiger partial charge in [-0.05, 0) is 12.8 Å². The largest absolute Gasteiger partial charge is 0.393 e. The first-order chi connectivity index (χ1) is 4.72. The molecule has 0 saturated carbocycles. The summed E-state index contributed by atoms with van der Waals surface area (Å²) < 4.78 is 7.36. The third-order valence-corrected chi connectivity index (χ3v) is 1.36. The summed E-state index contributed by atoms with van der Waals surface area (Å²) in [6, 6.07) is 0. The summed E-state index contributed by atoms with van der Waals surface area (Å²) in [5, 5.41) is 9.26. The van der Waals surface area contributed by atoms with E-state index in [4.69, 9.17) is 1.37 Å². The van der Waals surface area contributed by atoms with Crippen LogP contribution >= 0.6 is 0 Å². The second-order valence-corrected chi connectivity index (χ2v) is 2.35. The minimum atomic E-state index is -0.398. The SMILES string of the molecule is [2H][C@@H](CC)[C@@H](O)CCCC. The molecule has 0 fully saturated rings. The molecule has 56 valence electrons. The highest BCUT2D eigenvalue weighted by molar-refractivity contribution is 4.52. The van der Waals surface area contributed by atoms with Crippen molar-refractivity contribution in [3.05, 3.63) is 0 Å². The van der Waals surface area contributed by atoms with Crippen LogP contribution in [0.25, 0.3) is 0 Å². The Kier molecular flexibility index (Phi) is 4.78. The highest BCUT2D eigenvalue weighted by atomic mass is 16.3. The van der Waals surface area contributed by atoms with E-state index in [0.29, 0.717) is 0 Å². The van der Waals surface area contributed by atoms with E-state index in [1.54, 1.807) is 0 Å². The van der Waals surface area contributed by atoms with Gasteiger partial charge >= 0.3 is 0 Å². The molecular formula is C8H18O. The molecule has 0 bridgehead atoms. The Labute approximate surface area is 59.5 Å². The van der Waals surface area contributed by atoms with Crippen molar-refractivity contribution in [2.24, 2.45) is 0 Å². The number of aliphatic hydroxyl groups excluding tert-OH is 1. The second kappa shape index (κ2) is 6.09. The van der Waals surface area contributed by atoms with Gasteiger partial charge in [-0.15, -0.1) is 0 Å². The maximum Gasteiger partial charge on any atom is 0.0540 e. The van der Waals surface area contributed by atoms with E-state index in [2.05, 4.69) is 6.92 Å². The summed E-state index contributed by atoms with van der Waals surface area (Å²) in [6.07, 6.45) is 3.02. The number of hydrogen-bond donors (Lipinski definition) is 1. The van der Waals surface area contributed by atoms with Crippen LogP contribution in [0, 0.1) is 0 Å². The first kappa shape index (κ1) is 7.07. The molecule has 0 aliphatic heterocycles. The minimum Gasteiger partial charge on any atom is -0.393 e. The summed E-state index contributed by atoms with van der Waals surface area (Å²) in [4.78, 5) is 0. The van der Waals surface area contributed by atoms with Crippen molar-refractivity contribution in [3.63, 3.8) is 0 Å². The fraction of sp³-hybridized carbons (Fsp3) is 1.00. The molecule has 0 aromatic carbocycles. The number of hydrogen-bond acceptors (Lipinski definition) is 1. The van der Waals surface area contributed by atoms with Crippen LogP contribution in [0.5, 0.6) is 0 Å². The van der Waals surface area contributed by atoms with Crippen LogP contribution in [-0.2, 0) is 0 Å². The normalized spacial score (nSPS) is 18.8. The van der Waals surface area contributed by atoms with Crippen molar-refractivity contribution < 1.29 is 6.48 Å². The molecule has 0 saturated heterocycles. The zero-order chi connectivity index (χ0) is 7.98. The zero-order valence-corrected chi connectivity index (χ0v) is 6.43. The topological polar surface area (TPSA) is 20.2 Å². The van der Waals surface area contributed by atoms with Crippen molar-refractivity contribution in [2.75, 3.05) is 0 Å². The average molecular weight is 131 g/mol. The summed E-state index contributed by atoms with van der Waals surface area (Å²) in [5.74, 6) is 0. The minimum absolute atomic E-state index is 0.272. The molecule has 0 amide bonds. The molecule has 1 nitrogen and oxygen atoms in total. The Morgan fingerprint density at radius 3 is 2.56 bits per heavy atom. The van der Waals surface area contributed by atoms with Gasteiger partial charge in [0.2, 0.25) is 0 Å². The van der Waals surface area contributed by atoms with Crippen LogP contribution in [0.1, 0.15) is 47.3 Å². The van der Waals surface area contributed by atoms with E-state index >= 15 is 0 Å². The standard InChI is InChI=1S/C8H18O/c1-3-5-7-8(9)6-4-2/h8-9H,3-7H2,1-2H3/t8-/m1/s1/i6D/t6-,8+/m0. The predicted molar refractivity (Wildman–Crippen MR) is 40.4 cm³/mol. The molecule has 0 aromatic rings. The fourth-order valence-corrected chi connectivity index (χ4v) is 0.803. The Hall–Kier alpha value is -0.0400. The summed E-state index contributed by atoms with van der Waals surface area (Å²) >= 11 is 0. The van der Waals surface area contributed by atoms with Crippen molar-refractivity contribution in [2.45, 2.75) is 52.0 Å². The first-order valence-corrected chi connectivity index (χ1v) is 3.82. The predicted octanol–water partition coefficient (Wildman–Crippen LogP) is 2.34. The monoisotopic (exact) mass is 131 g/mol. The van der Waals surface area contributed by atoms with Crippen LogP contribution in [0.2, 0.25) is 0 Å². The molecule has 0 rings (SSSR count). The molecular weight excluding hydrogens is 112 g/mol. The van der Waals surface area contributed by atoms with Crippen molar-refractivity contribution in [1.82, 2.24) is 0 Å². The summed E-state index contributed by atoms with van der Waals surface area (Å²) in [7, 11) is 0. The highest BCUT2D eigenvalue weighted by Gasteiger charge is 1.99. The molecule has 0 aliphatic carbocycles. The lowest BCUT2D eigenvalue weighted by Gasteiger charge is -2.06. The Bertz CT molecular complexity index is 75.7. The van der Waals surface area contributed by atoms with Crippen LogP contribution in [0.15, 0.2) is 0 Å². The lowest BCUT2D eigenvalue weighted by Crippen LogP contribution is -2.04. The zero-order valence-electron chi connectivity index (χ0n) is 7.43. The second-order valence-electron chi connectivity index (χ2n) is 2.35. The smallest absolute Gasteiger partial charge is 0.0540 e. The van der Waals surface area contributed by atoms with Crippen LogP contribution < -0.4 is 0 Å². The molecule has 0 aromatic heterocycles. The number of aliphatic hydroxyl groups is 1. The molecule has 9 heavy (non-hydrogen) atoms. The molecule has 2 atom stereocenters. The van der Waals surface area contributed by atoms with Gasteiger partial charge < -0.3 is 5.11 Å². The highest BCUT2D eigenvalue weighted by Crippen LogP contribution is 2.05. The Morgan fingerprint density at radius 2 is 2.11 bits per heavy atom. The summed E-state index contributed by atoms with van der Waals surface area (Å²) in [6.45, 7) is 4.03. The van der Waals surface area contributed by atoms with Gasteiger partial charge in [0.1, 0.15) is 0 Å². The molecule has 0 aliphatic rings. The van der Waals surface area contributed by atoms with Crippen LogP contribution in [0.3, 0.4) is 0 Å². The van der Waals surface area contributed by atoms with Gasteiger partial charge in [0.05, 0.1) is 6.10 Å². The first-order valence-electron chi connectivity index (χ1n) is 4.40. The van der Waals surface area contributed by atoms with Gasteiger partial charge in [0.15, 0.2) is 0 Å². The molecule has 1 heteroatoms. The third kappa shape index (κ3) is 5.84. The number of rotatable bonds is 5. The molecule has 1 N–H and O–H groups in total. The van der Waals surface area contributed by atoms with Crippen molar-refractivity contribution >= 4 is 0 Å². The van der Waals surface area contributed by atoms with E-state index in [1.165, 1.54) is 0 Å². The van der Waals surface area contributed by atoms with E-state index in [9.17, 15) is 5.11 Å². The van der Waals surface area contributed by atoms with Gasteiger partial charge in [0, 0.05) is 1.37 Å². The Morgan fingerprint density at radius 1 is 1.44 bits per heavy atom. The Balaban J connectivity index is 3.31. The van der Waals surface area contributed by atoms with Crippen LogP contribution in [0.4, 0.5) is 0 Å². The van der Waals surface area contributed by atoms with Crippen molar-refractivity contribution in [1.29, 1.82) is 0 Å². The quantitative estimate of drug-likeness (QED) is 0.607. The maximum absolute atomic E-state index is 9.26. The van der Waals surface area contributed by atoms with Gasteiger partial charge in [-0.2, -0.15) is 0 Å². The van der Waals surface area contributed by atoms with E-state index in [0.717, 1.165) is 25.7 Å². The molecule has 0 radical (unpaired) electrons. The van der Waals surface area contributed by atoms with Gasteiger partial charge in [-0.3, -0.25) is 0 Å². The molecule has 0 spiro atoms. The molecule has 0 unspecified atom stereocenters. The average Bonchev–Trinajstić information content (AvgIpc) is 1.98. The molecule has 0 heterocycles. The maximum atomic E-state index is 9.26. The lowest BCUT2D eigenvalue weighted by molar-refractivity contribution is 0.150. The summed E-state index contributed by atoms with van der Waals surface area (Å²) in [5.41, 5.74) is 0. The third-order valence-electron chi connectivity index (χ3n) is 1.36. The number of unbranched alkanes of at least 4 members (excludes halogenated alkanes) is 1. The van der Waals surface area contributed by atoms with E-state index in [-0.39, 0.29) is 6.40 Å². The van der Waals surface area contributed by atoms with Gasteiger partial charge in [-0.25, -0.2) is 0 Å². The van der Waals surface area contributed by atoms with E-state index < -0.39 is 6.10 Å². The van der Waals surface area contributed by atoms with Gasteiger partial charge in [-0.1, -0.05) is 33.1 Å². The van der Waals surface area contributed by atoms with Crippen LogP contribution in [-0.4, -0.2) is 11.2 Å². The lowest BCUT2D eigenvalue weighted by atomic mass is 10.1.